The summed E-state index contributed by atoms with van der Waals surface area (Å²) < 4.78 is 0. The molecule has 1 heterocycles. The number of aliphatic hydroxyl groups is 1. The highest BCUT2D eigenvalue weighted by atomic mass is 35.5. The highest BCUT2D eigenvalue weighted by Gasteiger charge is 2.46. The van der Waals surface area contributed by atoms with Gasteiger partial charge in [-0.05, 0) is 62.9 Å². The van der Waals surface area contributed by atoms with Crippen LogP contribution in [0.15, 0.2) is 18.2 Å². The van der Waals surface area contributed by atoms with E-state index in [0.29, 0.717) is 0 Å². The molecule has 1 saturated heterocycles. The van der Waals surface area contributed by atoms with Gasteiger partial charge in [0.05, 0.1) is 11.6 Å². The van der Waals surface area contributed by atoms with Crippen LogP contribution in [0.1, 0.15) is 62.2 Å². The predicted molar refractivity (Wildman–Crippen MR) is 87.8 cm³/mol. The minimum Gasteiger partial charge on any atom is -0.386 e. The normalized spacial score (nSPS) is 24.1. The molecule has 0 radical (unpaired) electrons. The fraction of sp³-hybridized carbons (Fsp3) is 0.667. The summed E-state index contributed by atoms with van der Waals surface area (Å²) in [6, 6.07) is 6.04. The Hall–Kier alpha value is -0.570. The molecule has 1 unspecified atom stereocenters. The number of halogens is 1. The Morgan fingerprint density at radius 1 is 1.10 bits per heavy atom. The minimum absolute atomic E-state index is 0.0565. The van der Waals surface area contributed by atoms with Crippen LogP contribution in [-0.2, 0) is 0 Å². The maximum Gasteiger partial charge on any atom is 0.0974 e. The Balaban J connectivity index is 1.90. The summed E-state index contributed by atoms with van der Waals surface area (Å²) in [7, 11) is 0. The van der Waals surface area contributed by atoms with Crippen LogP contribution in [0, 0.1) is 6.92 Å². The zero-order valence-corrected chi connectivity index (χ0v) is 13.7. The van der Waals surface area contributed by atoms with E-state index >= 15 is 0 Å². The van der Waals surface area contributed by atoms with Crippen molar-refractivity contribution in [1.29, 1.82) is 0 Å². The third kappa shape index (κ3) is 2.86. The van der Waals surface area contributed by atoms with E-state index in [4.69, 9.17) is 11.6 Å². The lowest BCUT2D eigenvalue weighted by atomic mass is 9.82. The topological polar surface area (TPSA) is 23.5 Å². The van der Waals surface area contributed by atoms with Gasteiger partial charge in [-0.25, -0.2) is 0 Å². The average molecular weight is 308 g/mol. The fourth-order valence-electron chi connectivity index (χ4n) is 4.18. The van der Waals surface area contributed by atoms with Crippen molar-refractivity contribution in [2.45, 2.75) is 63.5 Å². The van der Waals surface area contributed by atoms with E-state index in [2.05, 4.69) is 11.0 Å². The van der Waals surface area contributed by atoms with E-state index in [1.54, 1.807) is 0 Å². The van der Waals surface area contributed by atoms with Crippen LogP contribution in [0.5, 0.6) is 0 Å². The number of piperidine rings is 1. The summed E-state index contributed by atoms with van der Waals surface area (Å²) in [5.41, 5.74) is 2.00. The van der Waals surface area contributed by atoms with Crippen molar-refractivity contribution in [2.75, 3.05) is 13.1 Å². The smallest absolute Gasteiger partial charge is 0.0974 e. The molecule has 0 aromatic heterocycles. The van der Waals surface area contributed by atoms with E-state index in [9.17, 15) is 5.11 Å². The van der Waals surface area contributed by atoms with Gasteiger partial charge < -0.3 is 5.11 Å². The second kappa shape index (κ2) is 6.28. The molecule has 1 aliphatic heterocycles. The summed E-state index contributed by atoms with van der Waals surface area (Å²) in [6.45, 7) is 4.28. The number of aliphatic hydroxyl groups excluding tert-OH is 1. The van der Waals surface area contributed by atoms with E-state index in [1.165, 1.54) is 32.1 Å². The maximum atomic E-state index is 11.1. The monoisotopic (exact) mass is 307 g/mol. The molecule has 2 aliphatic rings. The minimum atomic E-state index is -0.420. The lowest BCUT2D eigenvalue weighted by Gasteiger charge is -2.46. The first-order valence-electron chi connectivity index (χ1n) is 8.33. The Morgan fingerprint density at radius 3 is 2.38 bits per heavy atom. The van der Waals surface area contributed by atoms with Gasteiger partial charge in [0.2, 0.25) is 0 Å². The number of hydrogen-bond acceptors (Lipinski definition) is 2. The van der Waals surface area contributed by atoms with Crippen LogP contribution in [0.25, 0.3) is 0 Å². The molecule has 3 rings (SSSR count). The SMILES string of the molecule is Cc1ccc(C(O)C2(N3CCCCC3)CCCC2)cc1Cl. The van der Waals surface area contributed by atoms with Crippen LogP contribution >= 0.6 is 11.6 Å². The number of hydrogen-bond donors (Lipinski definition) is 1. The van der Waals surface area contributed by atoms with Crippen molar-refractivity contribution >= 4 is 11.6 Å². The maximum absolute atomic E-state index is 11.1. The Bertz CT molecular complexity index is 490. The number of aryl methyl sites for hydroxylation is 1. The standard InChI is InChI=1S/C18H26ClNO/c1-14-7-8-15(13-16(14)19)17(21)18(9-3-4-10-18)20-11-5-2-6-12-20/h7-8,13,17,21H,2-6,9-12H2,1H3. The zero-order chi connectivity index (χ0) is 14.9. The van der Waals surface area contributed by atoms with Gasteiger partial charge in [-0.1, -0.05) is 43.0 Å². The molecule has 2 fully saturated rings. The average Bonchev–Trinajstić information content (AvgIpc) is 3.01. The van der Waals surface area contributed by atoms with Crippen LogP contribution in [0.4, 0.5) is 0 Å². The van der Waals surface area contributed by atoms with Gasteiger partial charge >= 0.3 is 0 Å². The molecule has 1 aromatic rings. The molecule has 1 aliphatic carbocycles. The Morgan fingerprint density at radius 2 is 1.76 bits per heavy atom. The van der Waals surface area contributed by atoms with Crippen molar-refractivity contribution < 1.29 is 5.11 Å². The molecule has 3 heteroatoms. The molecule has 1 saturated carbocycles. The van der Waals surface area contributed by atoms with Gasteiger partial charge in [0, 0.05) is 5.02 Å². The molecule has 0 bridgehead atoms. The predicted octanol–water partition coefficient (Wildman–Crippen LogP) is 4.48. The first kappa shape index (κ1) is 15.3. The number of rotatable bonds is 3. The molecule has 1 N–H and O–H groups in total. The largest absolute Gasteiger partial charge is 0.386 e. The van der Waals surface area contributed by atoms with Crippen LogP contribution in [0.3, 0.4) is 0 Å². The number of benzene rings is 1. The molecule has 1 aromatic carbocycles. The zero-order valence-electron chi connectivity index (χ0n) is 12.9. The molecule has 0 spiro atoms. The third-order valence-corrected chi connectivity index (χ3v) is 5.88. The summed E-state index contributed by atoms with van der Waals surface area (Å²) in [5, 5.41) is 11.9. The second-order valence-corrected chi connectivity index (χ2v) is 7.18. The molecule has 116 valence electrons. The third-order valence-electron chi connectivity index (χ3n) is 5.48. The van der Waals surface area contributed by atoms with Gasteiger partial charge in [0.1, 0.15) is 0 Å². The molecule has 2 nitrogen and oxygen atoms in total. The summed E-state index contributed by atoms with van der Waals surface area (Å²) in [6.07, 6.45) is 8.13. The second-order valence-electron chi connectivity index (χ2n) is 6.77. The van der Waals surface area contributed by atoms with Gasteiger partial charge in [0.15, 0.2) is 0 Å². The Kier molecular flexibility index (Phi) is 4.58. The highest BCUT2D eigenvalue weighted by molar-refractivity contribution is 6.31. The Labute approximate surface area is 133 Å². The van der Waals surface area contributed by atoms with Crippen molar-refractivity contribution in [3.05, 3.63) is 34.3 Å². The highest BCUT2D eigenvalue weighted by Crippen LogP contribution is 2.45. The summed E-state index contributed by atoms with van der Waals surface area (Å²) in [4.78, 5) is 2.57. The number of nitrogens with zero attached hydrogens (tertiary/aromatic N) is 1. The quantitative estimate of drug-likeness (QED) is 0.890. The summed E-state index contributed by atoms with van der Waals surface area (Å²) in [5.74, 6) is 0. The van der Waals surface area contributed by atoms with Gasteiger partial charge in [-0.3, -0.25) is 4.90 Å². The molecule has 1 atom stereocenters. The lowest BCUT2D eigenvalue weighted by Crippen LogP contribution is -2.53. The fourth-order valence-corrected chi connectivity index (χ4v) is 4.37. The van der Waals surface area contributed by atoms with Crippen LogP contribution < -0.4 is 0 Å². The first-order chi connectivity index (χ1) is 10.1. The van der Waals surface area contributed by atoms with Crippen molar-refractivity contribution in [1.82, 2.24) is 4.90 Å². The van der Waals surface area contributed by atoms with Gasteiger partial charge in [0.25, 0.3) is 0 Å². The van der Waals surface area contributed by atoms with Crippen LogP contribution in [0.2, 0.25) is 5.02 Å². The molecular formula is C18H26ClNO. The van der Waals surface area contributed by atoms with E-state index in [1.807, 2.05) is 19.1 Å². The van der Waals surface area contributed by atoms with Crippen molar-refractivity contribution in [3.63, 3.8) is 0 Å². The van der Waals surface area contributed by atoms with Crippen molar-refractivity contribution in [3.8, 4) is 0 Å². The summed E-state index contributed by atoms with van der Waals surface area (Å²) >= 11 is 6.27. The van der Waals surface area contributed by atoms with Gasteiger partial charge in [-0.15, -0.1) is 0 Å². The van der Waals surface area contributed by atoms with Gasteiger partial charge in [-0.2, -0.15) is 0 Å². The first-order valence-corrected chi connectivity index (χ1v) is 8.70. The van der Waals surface area contributed by atoms with E-state index < -0.39 is 6.10 Å². The molecule has 21 heavy (non-hydrogen) atoms. The molecule has 0 amide bonds. The van der Waals surface area contributed by atoms with E-state index in [-0.39, 0.29) is 5.54 Å². The number of likely N-dealkylation sites (tertiary alicyclic amines) is 1. The van der Waals surface area contributed by atoms with Crippen LogP contribution in [-0.4, -0.2) is 28.6 Å². The molecular weight excluding hydrogens is 282 g/mol. The van der Waals surface area contributed by atoms with Crippen molar-refractivity contribution in [2.24, 2.45) is 0 Å². The lowest BCUT2D eigenvalue weighted by molar-refractivity contribution is -0.0405. The van der Waals surface area contributed by atoms with E-state index in [0.717, 1.165) is 42.1 Å².